The molecule has 0 aliphatic carbocycles. The molecule has 0 aliphatic rings. The maximum Gasteiger partial charge on any atom is 0.159 e. The van der Waals surface area contributed by atoms with Crippen LogP contribution in [0.2, 0.25) is 0 Å². The summed E-state index contributed by atoms with van der Waals surface area (Å²) in [5, 5.41) is 0. The van der Waals surface area contributed by atoms with Crippen molar-refractivity contribution in [3.63, 3.8) is 0 Å². The molecule has 1 unspecified atom stereocenters. The maximum absolute atomic E-state index is 5.14. The molecule has 0 amide bonds. The van der Waals surface area contributed by atoms with E-state index in [1.165, 1.54) is 0 Å². The molecule has 0 N–H and O–H groups in total. The number of methoxy groups -OCH3 is 2. The minimum atomic E-state index is -0.0441. The van der Waals surface area contributed by atoms with E-state index < -0.39 is 0 Å². The Bertz CT molecular complexity index is 87.6. The van der Waals surface area contributed by atoms with E-state index in [1.807, 2.05) is 0 Å². The first-order chi connectivity index (χ1) is 5.11. The fourth-order valence-corrected chi connectivity index (χ4v) is 1.42. The molecule has 11 heavy (non-hydrogen) atoms. The van der Waals surface area contributed by atoms with Crippen LogP contribution in [0.25, 0.3) is 0 Å². The minimum absolute atomic E-state index is 0.0441. The molecule has 0 rings (SSSR count). The van der Waals surface area contributed by atoms with Gasteiger partial charge in [-0.3, -0.25) is 0 Å². The summed E-state index contributed by atoms with van der Waals surface area (Å²) in [6, 6.07) is 0. The quantitative estimate of drug-likeness (QED) is 0.574. The van der Waals surface area contributed by atoms with E-state index in [2.05, 4.69) is 20.8 Å². The van der Waals surface area contributed by atoms with Gasteiger partial charge in [-0.15, -0.1) is 0 Å². The highest BCUT2D eigenvalue weighted by atomic mass is 16.7. The summed E-state index contributed by atoms with van der Waals surface area (Å²) in [4.78, 5) is 0. The molecule has 0 radical (unpaired) electrons. The average molecular weight is 160 g/mol. The molecule has 0 saturated carbocycles. The Labute approximate surface area is 69.9 Å². The highest BCUT2D eigenvalue weighted by Gasteiger charge is 2.16. The van der Waals surface area contributed by atoms with E-state index in [0.717, 1.165) is 6.42 Å². The molecule has 0 aromatic carbocycles. The first-order valence-corrected chi connectivity index (χ1v) is 4.17. The van der Waals surface area contributed by atoms with Crippen molar-refractivity contribution in [3.8, 4) is 0 Å². The second-order valence-corrected chi connectivity index (χ2v) is 3.45. The van der Waals surface area contributed by atoms with Crippen LogP contribution >= 0.6 is 0 Å². The van der Waals surface area contributed by atoms with Crippen molar-refractivity contribution in [2.75, 3.05) is 14.2 Å². The monoisotopic (exact) mass is 160 g/mol. The number of rotatable bonds is 5. The van der Waals surface area contributed by atoms with Crippen molar-refractivity contribution in [2.24, 2.45) is 11.8 Å². The summed E-state index contributed by atoms with van der Waals surface area (Å²) in [5.41, 5.74) is 0. The summed E-state index contributed by atoms with van der Waals surface area (Å²) < 4.78 is 10.3. The van der Waals surface area contributed by atoms with Crippen LogP contribution in [0.4, 0.5) is 0 Å². The van der Waals surface area contributed by atoms with Gasteiger partial charge in [0.15, 0.2) is 6.29 Å². The van der Waals surface area contributed by atoms with E-state index in [0.29, 0.717) is 11.8 Å². The van der Waals surface area contributed by atoms with Crippen molar-refractivity contribution in [1.82, 2.24) is 0 Å². The topological polar surface area (TPSA) is 18.5 Å². The van der Waals surface area contributed by atoms with Crippen molar-refractivity contribution in [1.29, 1.82) is 0 Å². The molecule has 0 saturated heterocycles. The Morgan fingerprint density at radius 2 is 1.45 bits per heavy atom. The normalized spacial score (nSPS) is 14.5. The zero-order valence-corrected chi connectivity index (χ0v) is 8.26. The second-order valence-electron chi connectivity index (χ2n) is 3.45. The molecule has 0 bridgehead atoms. The third kappa shape index (κ3) is 4.38. The summed E-state index contributed by atoms with van der Waals surface area (Å²) >= 11 is 0. The molecule has 0 aromatic heterocycles. The zero-order valence-electron chi connectivity index (χ0n) is 8.26. The van der Waals surface area contributed by atoms with E-state index in [-0.39, 0.29) is 6.29 Å². The van der Waals surface area contributed by atoms with Gasteiger partial charge in [-0.05, 0) is 12.3 Å². The summed E-state index contributed by atoms with van der Waals surface area (Å²) in [7, 11) is 3.37. The Balaban J connectivity index is 3.68. The second kappa shape index (κ2) is 5.56. The predicted octanol–water partition coefficient (Wildman–Crippen LogP) is 2.29. The lowest BCUT2D eigenvalue weighted by atomic mass is 9.98. The van der Waals surface area contributed by atoms with Crippen LogP contribution in [0.3, 0.4) is 0 Å². The Morgan fingerprint density at radius 1 is 1.00 bits per heavy atom. The van der Waals surface area contributed by atoms with E-state index in [4.69, 9.17) is 9.47 Å². The van der Waals surface area contributed by atoms with Crippen LogP contribution in [0.5, 0.6) is 0 Å². The Hall–Kier alpha value is -0.0800. The molecular weight excluding hydrogens is 140 g/mol. The molecule has 2 nitrogen and oxygen atoms in total. The van der Waals surface area contributed by atoms with Gasteiger partial charge in [-0.1, -0.05) is 20.8 Å². The zero-order chi connectivity index (χ0) is 8.85. The van der Waals surface area contributed by atoms with Crippen molar-refractivity contribution in [3.05, 3.63) is 0 Å². The van der Waals surface area contributed by atoms with Gasteiger partial charge in [0, 0.05) is 20.1 Å². The molecule has 0 fully saturated rings. The van der Waals surface area contributed by atoms with Crippen LogP contribution in [0, 0.1) is 11.8 Å². The number of hydrogen-bond donors (Lipinski definition) is 0. The van der Waals surface area contributed by atoms with Gasteiger partial charge in [0.2, 0.25) is 0 Å². The summed E-state index contributed by atoms with van der Waals surface area (Å²) in [5.74, 6) is 1.18. The van der Waals surface area contributed by atoms with E-state index in [1.54, 1.807) is 14.2 Å². The lowest BCUT2D eigenvalue weighted by molar-refractivity contribution is -0.136. The van der Waals surface area contributed by atoms with Gasteiger partial charge < -0.3 is 9.47 Å². The standard InChI is InChI=1S/C9H20O2/c1-7(2)6-8(3)9(10-4)11-5/h7-9H,6H2,1-5H3. The molecule has 2 heteroatoms. The van der Waals surface area contributed by atoms with Gasteiger partial charge in [-0.2, -0.15) is 0 Å². The fraction of sp³-hybridized carbons (Fsp3) is 1.00. The van der Waals surface area contributed by atoms with Crippen LogP contribution < -0.4 is 0 Å². The molecule has 0 spiro atoms. The van der Waals surface area contributed by atoms with Crippen LogP contribution in [0.15, 0.2) is 0 Å². The van der Waals surface area contributed by atoms with Crippen molar-refractivity contribution in [2.45, 2.75) is 33.5 Å². The van der Waals surface area contributed by atoms with Crippen molar-refractivity contribution >= 4 is 0 Å². The number of ether oxygens (including phenoxy) is 2. The largest absolute Gasteiger partial charge is 0.356 e. The maximum atomic E-state index is 5.14. The third-order valence-electron chi connectivity index (χ3n) is 1.77. The van der Waals surface area contributed by atoms with Gasteiger partial charge in [0.25, 0.3) is 0 Å². The predicted molar refractivity (Wildman–Crippen MR) is 46.4 cm³/mol. The molecular formula is C9H20O2. The van der Waals surface area contributed by atoms with Gasteiger partial charge >= 0.3 is 0 Å². The van der Waals surface area contributed by atoms with Gasteiger partial charge in [0.05, 0.1) is 0 Å². The van der Waals surface area contributed by atoms with Crippen LogP contribution in [0.1, 0.15) is 27.2 Å². The van der Waals surface area contributed by atoms with Crippen LogP contribution in [-0.2, 0) is 9.47 Å². The van der Waals surface area contributed by atoms with Crippen molar-refractivity contribution < 1.29 is 9.47 Å². The van der Waals surface area contributed by atoms with Crippen LogP contribution in [-0.4, -0.2) is 20.5 Å². The smallest absolute Gasteiger partial charge is 0.159 e. The first kappa shape index (κ1) is 10.9. The number of hydrogen-bond acceptors (Lipinski definition) is 2. The SMILES string of the molecule is COC(OC)C(C)CC(C)C. The molecule has 68 valence electrons. The van der Waals surface area contributed by atoms with E-state index in [9.17, 15) is 0 Å². The summed E-state index contributed by atoms with van der Waals surface area (Å²) in [6.45, 7) is 6.56. The lowest BCUT2D eigenvalue weighted by Gasteiger charge is -2.22. The highest BCUT2D eigenvalue weighted by molar-refractivity contribution is 4.59. The molecule has 0 heterocycles. The fourth-order valence-electron chi connectivity index (χ4n) is 1.42. The average Bonchev–Trinajstić information content (AvgIpc) is 1.88. The summed E-state index contributed by atoms with van der Waals surface area (Å²) in [6.07, 6.45) is 1.10. The lowest BCUT2D eigenvalue weighted by Crippen LogP contribution is -2.23. The molecule has 0 aromatic rings. The Morgan fingerprint density at radius 3 is 1.73 bits per heavy atom. The molecule has 1 atom stereocenters. The third-order valence-corrected chi connectivity index (χ3v) is 1.77. The minimum Gasteiger partial charge on any atom is -0.356 e. The van der Waals surface area contributed by atoms with E-state index >= 15 is 0 Å². The van der Waals surface area contributed by atoms with Gasteiger partial charge in [-0.25, -0.2) is 0 Å². The first-order valence-electron chi connectivity index (χ1n) is 4.17. The van der Waals surface area contributed by atoms with Gasteiger partial charge in [0.1, 0.15) is 0 Å². The molecule has 0 aliphatic heterocycles. The Kier molecular flexibility index (Phi) is 5.51. The highest BCUT2D eigenvalue weighted by Crippen LogP contribution is 2.16.